The minimum atomic E-state index is -3.99. The van der Waals surface area contributed by atoms with E-state index in [2.05, 4.69) is 11.4 Å². The van der Waals surface area contributed by atoms with Crippen LogP contribution >= 0.6 is 11.6 Å². The van der Waals surface area contributed by atoms with Crippen LogP contribution in [0.5, 0.6) is 0 Å². The molecule has 7 heteroatoms. The summed E-state index contributed by atoms with van der Waals surface area (Å²) in [5.41, 5.74) is 4.26. The molecule has 0 fully saturated rings. The number of carbonyl (C=O) groups is 1. The number of anilines is 1. The van der Waals surface area contributed by atoms with Crippen molar-refractivity contribution in [3.63, 3.8) is 0 Å². The third kappa shape index (κ3) is 5.31. The first-order valence-electron chi connectivity index (χ1n) is 10.3. The van der Waals surface area contributed by atoms with Gasteiger partial charge in [0.1, 0.15) is 6.54 Å². The van der Waals surface area contributed by atoms with Gasteiger partial charge in [0.2, 0.25) is 5.91 Å². The fourth-order valence-corrected chi connectivity index (χ4v) is 5.34. The summed E-state index contributed by atoms with van der Waals surface area (Å²) in [6.45, 7) is 7.31. The van der Waals surface area contributed by atoms with Gasteiger partial charge in [-0.2, -0.15) is 0 Å². The van der Waals surface area contributed by atoms with Crippen LogP contribution in [0.1, 0.15) is 35.2 Å². The normalized spacial score (nSPS) is 12.3. The summed E-state index contributed by atoms with van der Waals surface area (Å²) in [6, 6.07) is 18.8. The lowest BCUT2D eigenvalue weighted by Crippen LogP contribution is -2.42. The second kappa shape index (κ2) is 9.76. The molecule has 168 valence electrons. The van der Waals surface area contributed by atoms with Crippen molar-refractivity contribution in [2.75, 3.05) is 10.8 Å². The van der Waals surface area contributed by atoms with E-state index in [1.54, 1.807) is 43.3 Å². The molecule has 3 aromatic carbocycles. The van der Waals surface area contributed by atoms with Crippen LogP contribution in [0.25, 0.3) is 0 Å². The molecule has 5 nitrogen and oxygen atoms in total. The predicted octanol–water partition coefficient (Wildman–Crippen LogP) is 5.34. The number of amides is 1. The smallest absolute Gasteiger partial charge is 0.264 e. The summed E-state index contributed by atoms with van der Waals surface area (Å²) in [5.74, 6) is -0.406. The number of nitrogens with zero attached hydrogens (tertiary/aromatic N) is 1. The maximum absolute atomic E-state index is 13.5. The molecule has 1 amide bonds. The number of benzene rings is 3. The first-order valence-corrected chi connectivity index (χ1v) is 12.1. The highest BCUT2D eigenvalue weighted by Crippen LogP contribution is 2.29. The van der Waals surface area contributed by atoms with Crippen LogP contribution in [0.2, 0.25) is 5.02 Å². The second-order valence-electron chi connectivity index (χ2n) is 7.90. The highest BCUT2D eigenvalue weighted by molar-refractivity contribution is 7.92. The third-order valence-corrected chi connectivity index (χ3v) is 7.34. The molecular formula is C25H27ClN2O3S. The zero-order valence-corrected chi connectivity index (χ0v) is 20.2. The molecule has 0 aliphatic heterocycles. The van der Waals surface area contributed by atoms with Gasteiger partial charge in [0.25, 0.3) is 10.0 Å². The molecule has 0 heterocycles. The van der Waals surface area contributed by atoms with Crippen LogP contribution in [-0.2, 0) is 14.8 Å². The van der Waals surface area contributed by atoms with Crippen molar-refractivity contribution < 1.29 is 13.2 Å². The van der Waals surface area contributed by atoms with E-state index in [-0.39, 0.29) is 17.5 Å². The summed E-state index contributed by atoms with van der Waals surface area (Å²) in [7, 11) is -3.99. The van der Waals surface area contributed by atoms with Crippen molar-refractivity contribution >= 4 is 33.2 Å². The SMILES string of the molecule is Cc1ccc([C@@H](C)NC(=O)CN(c2cc(Cl)ccc2C)S(=O)(=O)c2ccccc2)c(C)c1. The van der Waals surface area contributed by atoms with E-state index in [1.165, 1.54) is 12.1 Å². The Balaban J connectivity index is 1.94. The Hall–Kier alpha value is -2.83. The number of aryl methyl sites for hydroxylation is 3. The van der Waals surface area contributed by atoms with Gasteiger partial charge in [-0.05, 0) is 68.7 Å². The van der Waals surface area contributed by atoms with E-state index < -0.39 is 15.9 Å². The van der Waals surface area contributed by atoms with Crippen molar-refractivity contribution in [3.8, 4) is 0 Å². The summed E-state index contributed by atoms with van der Waals surface area (Å²) in [5, 5.41) is 3.33. The molecule has 0 unspecified atom stereocenters. The van der Waals surface area contributed by atoms with Crippen molar-refractivity contribution in [3.05, 3.63) is 94.0 Å². The topological polar surface area (TPSA) is 66.5 Å². The van der Waals surface area contributed by atoms with E-state index in [0.29, 0.717) is 16.3 Å². The number of nitrogens with one attached hydrogen (secondary N) is 1. The first-order chi connectivity index (χ1) is 15.1. The van der Waals surface area contributed by atoms with Gasteiger partial charge in [0.05, 0.1) is 16.6 Å². The standard InChI is InChI=1S/C25H27ClN2O3S/c1-17-10-13-23(19(3)14-17)20(4)27-25(29)16-28(24-15-21(26)12-11-18(24)2)32(30,31)22-8-6-5-7-9-22/h5-15,20H,16H2,1-4H3,(H,27,29)/t20-/m1/s1. The number of hydrogen-bond donors (Lipinski definition) is 1. The molecule has 0 radical (unpaired) electrons. The van der Waals surface area contributed by atoms with Gasteiger partial charge in [-0.3, -0.25) is 9.10 Å². The molecule has 0 aliphatic rings. The van der Waals surface area contributed by atoms with Crippen LogP contribution < -0.4 is 9.62 Å². The highest BCUT2D eigenvalue weighted by Gasteiger charge is 2.29. The number of rotatable bonds is 7. The van der Waals surface area contributed by atoms with Crippen molar-refractivity contribution in [1.29, 1.82) is 0 Å². The molecule has 32 heavy (non-hydrogen) atoms. The van der Waals surface area contributed by atoms with Crippen LogP contribution in [-0.4, -0.2) is 20.9 Å². The molecule has 0 bridgehead atoms. The molecule has 0 saturated heterocycles. The Kier molecular flexibility index (Phi) is 7.26. The van der Waals surface area contributed by atoms with Gasteiger partial charge in [-0.15, -0.1) is 0 Å². The van der Waals surface area contributed by atoms with Crippen molar-refractivity contribution in [2.45, 2.75) is 38.6 Å². The van der Waals surface area contributed by atoms with Crippen LogP contribution in [0.3, 0.4) is 0 Å². The molecule has 0 aliphatic carbocycles. The zero-order chi connectivity index (χ0) is 23.5. The zero-order valence-electron chi connectivity index (χ0n) is 18.6. The molecule has 3 aromatic rings. The minimum absolute atomic E-state index is 0.106. The Morgan fingerprint density at radius 3 is 2.31 bits per heavy atom. The molecule has 1 N–H and O–H groups in total. The number of carbonyl (C=O) groups excluding carboxylic acids is 1. The molecule has 0 saturated carbocycles. The Morgan fingerprint density at radius 1 is 0.969 bits per heavy atom. The quantitative estimate of drug-likeness (QED) is 0.507. The number of sulfonamides is 1. The lowest BCUT2D eigenvalue weighted by molar-refractivity contribution is -0.120. The molecule has 0 aromatic heterocycles. The number of hydrogen-bond acceptors (Lipinski definition) is 3. The first kappa shape index (κ1) is 23.8. The lowest BCUT2D eigenvalue weighted by atomic mass is 10.0. The summed E-state index contributed by atoms with van der Waals surface area (Å²) < 4.78 is 28.1. The lowest BCUT2D eigenvalue weighted by Gasteiger charge is -2.27. The highest BCUT2D eigenvalue weighted by atomic mass is 35.5. The van der Waals surface area contributed by atoms with Gasteiger partial charge >= 0.3 is 0 Å². The molecular weight excluding hydrogens is 444 g/mol. The molecule has 0 spiro atoms. The fourth-order valence-electron chi connectivity index (χ4n) is 3.68. The Labute approximate surface area is 195 Å². The summed E-state index contributed by atoms with van der Waals surface area (Å²) in [4.78, 5) is 13.1. The minimum Gasteiger partial charge on any atom is -0.348 e. The molecule has 1 atom stereocenters. The number of halogens is 1. The Bertz CT molecular complexity index is 1230. The van der Waals surface area contributed by atoms with E-state index in [4.69, 9.17) is 11.6 Å². The van der Waals surface area contributed by atoms with Crippen LogP contribution in [0, 0.1) is 20.8 Å². The summed E-state index contributed by atoms with van der Waals surface area (Å²) in [6.07, 6.45) is 0. The average Bonchev–Trinajstić information content (AvgIpc) is 2.74. The van der Waals surface area contributed by atoms with Gasteiger partial charge in [-0.25, -0.2) is 8.42 Å². The van der Waals surface area contributed by atoms with E-state index in [9.17, 15) is 13.2 Å². The van der Waals surface area contributed by atoms with Crippen molar-refractivity contribution in [1.82, 2.24) is 5.32 Å². The van der Waals surface area contributed by atoms with Crippen LogP contribution in [0.15, 0.2) is 71.6 Å². The van der Waals surface area contributed by atoms with Gasteiger partial charge < -0.3 is 5.32 Å². The van der Waals surface area contributed by atoms with E-state index in [0.717, 1.165) is 21.0 Å². The van der Waals surface area contributed by atoms with Crippen LogP contribution in [0.4, 0.5) is 5.69 Å². The predicted molar refractivity (Wildman–Crippen MR) is 130 cm³/mol. The van der Waals surface area contributed by atoms with E-state index >= 15 is 0 Å². The maximum Gasteiger partial charge on any atom is 0.264 e. The summed E-state index contributed by atoms with van der Waals surface area (Å²) >= 11 is 6.17. The van der Waals surface area contributed by atoms with Gasteiger partial charge in [0, 0.05) is 5.02 Å². The van der Waals surface area contributed by atoms with Gasteiger partial charge in [0.15, 0.2) is 0 Å². The fraction of sp³-hybridized carbons (Fsp3) is 0.240. The Morgan fingerprint density at radius 2 is 1.66 bits per heavy atom. The maximum atomic E-state index is 13.5. The van der Waals surface area contributed by atoms with E-state index in [1.807, 2.05) is 32.9 Å². The monoisotopic (exact) mass is 470 g/mol. The van der Waals surface area contributed by atoms with Gasteiger partial charge in [-0.1, -0.05) is 59.6 Å². The van der Waals surface area contributed by atoms with Crippen molar-refractivity contribution in [2.24, 2.45) is 0 Å². The average molecular weight is 471 g/mol. The largest absolute Gasteiger partial charge is 0.348 e. The molecule has 3 rings (SSSR count). The second-order valence-corrected chi connectivity index (χ2v) is 10.2. The third-order valence-electron chi connectivity index (χ3n) is 5.33.